The van der Waals surface area contributed by atoms with Gasteiger partial charge in [-0.3, -0.25) is 29.8 Å². The lowest BCUT2D eigenvalue weighted by Gasteiger charge is -2.16. The van der Waals surface area contributed by atoms with E-state index in [0.29, 0.717) is 0 Å². The number of nitro groups is 2. The van der Waals surface area contributed by atoms with Crippen molar-refractivity contribution in [2.75, 3.05) is 0 Å². The third kappa shape index (κ3) is 6.56. The molecule has 0 fully saturated rings. The van der Waals surface area contributed by atoms with Crippen molar-refractivity contribution in [1.29, 1.82) is 0 Å². The molecule has 0 heterocycles. The SMILES string of the molecule is CC(NC(=O)C(C)NC(=O)OCc1cc([N+](=O)[O-])cc([N+](=O)[O-])c1)C(=O)O. The highest BCUT2D eigenvalue weighted by molar-refractivity contribution is 5.88. The summed E-state index contributed by atoms with van der Waals surface area (Å²) in [7, 11) is 0. The summed E-state index contributed by atoms with van der Waals surface area (Å²) in [5.41, 5.74) is -1.08. The molecule has 0 saturated heterocycles. The highest BCUT2D eigenvalue weighted by atomic mass is 16.6. The van der Waals surface area contributed by atoms with E-state index >= 15 is 0 Å². The zero-order chi connectivity index (χ0) is 20.7. The summed E-state index contributed by atoms with van der Waals surface area (Å²) in [6.45, 7) is 2.00. The van der Waals surface area contributed by atoms with E-state index in [1.165, 1.54) is 13.8 Å². The largest absolute Gasteiger partial charge is 0.480 e. The van der Waals surface area contributed by atoms with Crippen molar-refractivity contribution in [2.24, 2.45) is 0 Å². The molecular formula is C14H16N4O9. The number of nitro benzene ring substituents is 2. The molecule has 0 aliphatic heterocycles. The second-order valence-electron chi connectivity index (χ2n) is 5.38. The van der Waals surface area contributed by atoms with Crippen LogP contribution in [-0.4, -0.2) is 45.0 Å². The second-order valence-corrected chi connectivity index (χ2v) is 5.38. The van der Waals surface area contributed by atoms with Gasteiger partial charge in [-0.1, -0.05) is 0 Å². The average Bonchev–Trinajstić information content (AvgIpc) is 2.59. The molecule has 0 aliphatic carbocycles. The van der Waals surface area contributed by atoms with Crippen molar-refractivity contribution < 1.29 is 34.1 Å². The molecule has 2 amide bonds. The van der Waals surface area contributed by atoms with Crippen molar-refractivity contribution in [3.05, 3.63) is 44.0 Å². The van der Waals surface area contributed by atoms with E-state index in [-0.39, 0.29) is 5.56 Å². The molecule has 13 heteroatoms. The third-order valence-corrected chi connectivity index (χ3v) is 3.21. The van der Waals surface area contributed by atoms with Gasteiger partial charge in [0.2, 0.25) is 5.91 Å². The minimum absolute atomic E-state index is 0.00246. The molecule has 27 heavy (non-hydrogen) atoms. The fourth-order valence-electron chi connectivity index (χ4n) is 1.78. The van der Waals surface area contributed by atoms with Crippen LogP contribution in [0.2, 0.25) is 0 Å². The number of ether oxygens (including phenoxy) is 1. The van der Waals surface area contributed by atoms with Gasteiger partial charge in [0.05, 0.1) is 15.9 Å². The number of non-ortho nitro benzene ring substituents is 2. The summed E-state index contributed by atoms with van der Waals surface area (Å²) in [5, 5.41) is 34.6. The van der Waals surface area contributed by atoms with E-state index < -0.39 is 57.9 Å². The van der Waals surface area contributed by atoms with Crippen LogP contribution in [-0.2, 0) is 20.9 Å². The number of carboxylic acids is 1. The van der Waals surface area contributed by atoms with Crippen molar-refractivity contribution >= 4 is 29.3 Å². The van der Waals surface area contributed by atoms with E-state index in [1.807, 2.05) is 0 Å². The van der Waals surface area contributed by atoms with Gasteiger partial charge in [-0.25, -0.2) is 4.79 Å². The van der Waals surface area contributed by atoms with Gasteiger partial charge in [-0.15, -0.1) is 0 Å². The Balaban J connectivity index is 2.68. The van der Waals surface area contributed by atoms with Gasteiger partial charge in [-0.2, -0.15) is 0 Å². The first-order valence-corrected chi connectivity index (χ1v) is 7.40. The summed E-state index contributed by atoms with van der Waals surface area (Å²) in [4.78, 5) is 54.0. The Morgan fingerprint density at radius 2 is 1.56 bits per heavy atom. The van der Waals surface area contributed by atoms with Gasteiger partial charge in [-0.05, 0) is 13.8 Å². The molecular weight excluding hydrogens is 368 g/mol. The molecule has 0 spiro atoms. The Hall–Kier alpha value is -3.77. The Kier molecular flexibility index (Phi) is 7.15. The number of hydrogen-bond acceptors (Lipinski definition) is 8. The first-order valence-electron chi connectivity index (χ1n) is 7.40. The van der Waals surface area contributed by atoms with Crippen LogP contribution in [0.1, 0.15) is 19.4 Å². The molecule has 146 valence electrons. The van der Waals surface area contributed by atoms with Crippen LogP contribution < -0.4 is 10.6 Å². The van der Waals surface area contributed by atoms with Gasteiger partial charge in [0, 0.05) is 17.7 Å². The van der Waals surface area contributed by atoms with Crippen LogP contribution >= 0.6 is 0 Å². The predicted octanol–water partition coefficient (Wildman–Crippen LogP) is 0.707. The number of aliphatic carboxylic acids is 1. The second kappa shape index (κ2) is 9.07. The van der Waals surface area contributed by atoms with Crippen molar-refractivity contribution in [3.63, 3.8) is 0 Å². The Labute approximate surface area is 151 Å². The fraction of sp³-hybridized carbons (Fsp3) is 0.357. The van der Waals surface area contributed by atoms with Gasteiger partial charge in [0.15, 0.2) is 0 Å². The maximum Gasteiger partial charge on any atom is 0.408 e. The smallest absolute Gasteiger partial charge is 0.408 e. The molecule has 13 nitrogen and oxygen atoms in total. The summed E-state index contributed by atoms with van der Waals surface area (Å²) in [5.74, 6) is -2.03. The lowest BCUT2D eigenvalue weighted by molar-refractivity contribution is -0.394. The molecule has 1 aromatic carbocycles. The van der Waals surface area contributed by atoms with Crippen molar-refractivity contribution in [3.8, 4) is 0 Å². The minimum Gasteiger partial charge on any atom is -0.480 e. The number of hydrogen-bond donors (Lipinski definition) is 3. The molecule has 0 aliphatic rings. The number of carbonyl (C=O) groups is 3. The maximum atomic E-state index is 11.7. The highest BCUT2D eigenvalue weighted by Gasteiger charge is 2.21. The molecule has 2 unspecified atom stereocenters. The van der Waals surface area contributed by atoms with Gasteiger partial charge >= 0.3 is 12.1 Å². The number of nitrogens with zero attached hydrogens (tertiary/aromatic N) is 2. The van der Waals surface area contributed by atoms with Crippen molar-refractivity contribution in [2.45, 2.75) is 32.5 Å². The highest BCUT2D eigenvalue weighted by Crippen LogP contribution is 2.23. The van der Waals surface area contributed by atoms with Crippen LogP contribution in [0.3, 0.4) is 0 Å². The van der Waals surface area contributed by atoms with Crippen LogP contribution in [0.5, 0.6) is 0 Å². The van der Waals surface area contributed by atoms with E-state index in [2.05, 4.69) is 10.6 Å². The summed E-state index contributed by atoms with van der Waals surface area (Å²) < 4.78 is 4.78. The van der Waals surface area contributed by atoms with E-state index in [4.69, 9.17) is 9.84 Å². The van der Waals surface area contributed by atoms with Gasteiger partial charge in [0.1, 0.15) is 18.7 Å². The van der Waals surface area contributed by atoms with E-state index in [1.54, 1.807) is 0 Å². The fourth-order valence-corrected chi connectivity index (χ4v) is 1.78. The van der Waals surface area contributed by atoms with Crippen LogP contribution in [0.4, 0.5) is 16.2 Å². The van der Waals surface area contributed by atoms with Crippen LogP contribution in [0.15, 0.2) is 18.2 Å². The minimum atomic E-state index is -1.26. The molecule has 0 aromatic heterocycles. The molecule has 1 aromatic rings. The Morgan fingerprint density at radius 1 is 1.04 bits per heavy atom. The molecule has 2 atom stereocenters. The maximum absolute atomic E-state index is 11.7. The summed E-state index contributed by atoms with van der Waals surface area (Å²) in [6, 6.07) is 0.483. The molecule has 0 bridgehead atoms. The number of carbonyl (C=O) groups excluding carboxylic acids is 2. The van der Waals surface area contributed by atoms with Gasteiger partial charge in [0.25, 0.3) is 11.4 Å². The normalized spacial score (nSPS) is 12.4. The Morgan fingerprint density at radius 3 is 2.00 bits per heavy atom. The number of benzene rings is 1. The topological polar surface area (TPSA) is 191 Å². The van der Waals surface area contributed by atoms with Crippen molar-refractivity contribution in [1.82, 2.24) is 10.6 Å². The number of rotatable bonds is 8. The lowest BCUT2D eigenvalue weighted by atomic mass is 10.2. The quantitative estimate of drug-likeness (QED) is 0.427. The summed E-state index contributed by atoms with van der Waals surface area (Å²) >= 11 is 0. The average molecular weight is 384 g/mol. The zero-order valence-electron chi connectivity index (χ0n) is 14.2. The third-order valence-electron chi connectivity index (χ3n) is 3.21. The zero-order valence-corrected chi connectivity index (χ0v) is 14.2. The Bertz CT molecular complexity index is 748. The molecule has 0 saturated carbocycles. The standard InChI is InChI=1S/C14H16N4O9/c1-7(12(19)15-8(2)13(20)21)16-14(22)27-6-9-3-10(17(23)24)5-11(4-9)18(25)26/h3-5,7-8H,6H2,1-2H3,(H,15,19)(H,16,22)(H,20,21). The number of nitrogens with one attached hydrogen (secondary N) is 2. The first-order chi connectivity index (χ1) is 12.5. The van der Waals surface area contributed by atoms with Gasteiger partial charge < -0.3 is 20.5 Å². The molecule has 0 radical (unpaired) electrons. The first kappa shape index (κ1) is 21.3. The van der Waals surface area contributed by atoms with E-state index in [9.17, 15) is 34.6 Å². The lowest BCUT2D eigenvalue weighted by Crippen LogP contribution is -2.49. The number of carboxylic acid groups (broad SMARTS) is 1. The summed E-state index contributed by atoms with van der Waals surface area (Å²) in [6.07, 6.45) is -1.07. The van der Waals surface area contributed by atoms with Crippen LogP contribution in [0.25, 0.3) is 0 Å². The number of amides is 2. The van der Waals surface area contributed by atoms with Crippen LogP contribution in [0, 0.1) is 20.2 Å². The molecule has 1 rings (SSSR count). The number of alkyl carbamates (subject to hydrolysis) is 1. The van der Waals surface area contributed by atoms with E-state index in [0.717, 1.165) is 18.2 Å². The predicted molar refractivity (Wildman–Crippen MR) is 87.8 cm³/mol. The molecule has 3 N–H and O–H groups in total. The monoisotopic (exact) mass is 384 g/mol.